The van der Waals surface area contributed by atoms with Gasteiger partial charge in [0, 0.05) is 13.0 Å². The molecule has 0 aromatic heterocycles. The summed E-state index contributed by atoms with van der Waals surface area (Å²) >= 11 is 0. The molecule has 0 aliphatic carbocycles. The number of carbonyl (C=O) groups is 2. The van der Waals surface area contributed by atoms with E-state index < -0.39 is 6.04 Å². The van der Waals surface area contributed by atoms with Crippen LogP contribution >= 0.6 is 0 Å². The average Bonchev–Trinajstić information content (AvgIpc) is 2.61. The zero-order valence-corrected chi connectivity index (χ0v) is 14.5. The van der Waals surface area contributed by atoms with E-state index in [1.54, 1.807) is 25.3 Å². The highest BCUT2D eigenvalue weighted by atomic mass is 16.5. The second-order valence-electron chi connectivity index (χ2n) is 5.48. The van der Waals surface area contributed by atoms with Crippen LogP contribution in [-0.2, 0) is 9.59 Å². The van der Waals surface area contributed by atoms with E-state index in [1.165, 1.54) is 14.0 Å². The quantitative estimate of drug-likeness (QED) is 0.811. The zero-order valence-electron chi connectivity index (χ0n) is 14.5. The summed E-state index contributed by atoms with van der Waals surface area (Å²) < 4.78 is 10.4. The predicted octanol–water partition coefficient (Wildman–Crippen LogP) is 2.91. The lowest BCUT2D eigenvalue weighted by Crippen LogP contribution is -2.29. The van der Waals surface area contributed by atoms with Crippen molar-refractivity contribution in [3.63, 3.8) is 0 Å². The van der Waals surface area contributed by atoms with E-state index in [1.807, 2.05) is 30.3 Å². The Balaban J connectivity index is 2.12. The monoisotopic (exact) mass is 342 g/mol. The summed E-state index contributed by atoms with van der Waals surface area (Å²) in [5.74, 6) is 0.716. The number of nitrogens with one attached hydrogen (secondary N) is 2. The number of rotatable bonds is 7. The maximum absolute atomic E-state index is 12.5. The third kappa shape index (κ3) is 5.24. The van der Waals surface area contributed by atoms with Gasteiger partial charge in [-0.25, -0.2) is 0 Å². The Labute approximate surface area is 147 Å². The fourth-order valence-electron chi connectivity index (χ4n) is 2.47. The fraction of sp³-hybridized carbons (Fsp3) is 0.263. The number of carbonyl (C=O) groups excluding carboxylic acids is 2. The summed E-state index contributed by atoms with van der Waals surface area (Å²) in [6.07, 6.45) is 0.110. The highest BCUT2D eigenvalue weighted by Crippen LogP contribution is 2.29. The Morgan fingerprint density at radius 1 is 1.04 bits per heavy atom. The number of amides is 2. The van der Waals surface area contributed by atoms with Gasteiger partial charge in [0.05, 0.1) is 32.4 Å². The van der Waals surface area contributed by atoms with Crippen LogP contribution in [-0.4, -0.2) is 26.0 Å². The van der Waals surface area contributed by atoms with Crippen molar-refractivity contribution >= 4 is 17.5 Å². The molecular formula is C19H22N2O4. The van der Waals surface area contributed by atoms with E-state index in [0.29, 0.717) is 17.2 Å². The summed E-state index contributed by atoms with van der Waals surface area (Å²) in [6.45, 7) is 1.43. The number of ether oxygens (including phenoxy) is 2. The maximum Gasteiger partial charge on any atom is 0.226 e. The Hall–Kier alpha value is -3.02. The third-order valence-electron chi connectivity index (χ3n) is 3.65. The molecule has 25 heavy (non-hydrogen) atoms. The second-order valence-corrected chi connectivity index (χ2v) is 5.48. The number of benzene rings is 2. The molecule has 0 saturated carbocycles. The first kappa shape index (κ1) is 18.3. The largest absolute Gasteiger partial charge is 0.497 e. The molecule has 1 unspecified atom stereocenters. The predicted molar refractivity (Wildman–Crippen MR) is 95.8 cm³/mol. The van der Waals surface area contributed by atoms with Crippen molar-refractivity contribution in [2.45, 2.75) is 19.4 Å². The van der Waals surface area contributed by atoms with Gasteiger partial charge in [0.25, 0.3) is 0 Å². The van der Waals surface area contributed by atoms with Gasteiger partial charge in [0.2, 0.25) is 11.8 Å². The van der Waals surface area contributed by atoms with E-state index in [0.717, 1.165) is 5.56 Å². The molecule has 2 rings (SSSR count). The van der Waals surface area contributed by atoms with Crippen LogP contribution in [0.2, 0.25) is 0 Å². The minimum atomic E-state index is -0.400. The molecule has 6 heteroatoms. The molecular weight excluding hydrogens is 320 g/mol. The molecule has 0 aliphatic heterocycles. The van der Waals surface area contributed by atoms with Crippen LogP contribution in [0.15, 0.2) is 48.5 Å². The third-order valence-corrected chi connectivity index (χ3v) is 3.65. The van der Waals surface area contributed by atoms with Crippen molar-refractivity contribution in [1.82, 2.24) is 5.32 Å². The van der Waals surface area contributed by atoms with E-state index in [-0.39, 0.29) is 18.2 Å². The Morgan fingerprint density at radius 2 is 1.76 bits per heavy atom. The molecule has 132 valence electrons. The summed E-state index contributed by atoms with van der Waals surface area (Å²) in [7, 11) is 3.08. The lowest BCUT2D eigenvalue weighted by Gasteiger charge is -2.18. The van der Waals surface area contributed by atoms with Crippen LogP contribution < -0.4 is 20.1 Å². The summed E-state index contributed by atoms with van der Waals surface area (Å²) in [5.41, 5.74) is 1.41. The SMILES string of the molecule is COc1ccc(NC(=O)CC(NC(C)=O)c2ccccc2)c(OC)c1. The molecule has 0 saturated heterocycles. The molecule has 0 bridgehead atoms. The van der Waals surface area contributed by atoms with Gasteiger partial charge in [0.15, 0.2) is 0 Å². The van der Waals surface area contributed by atoms with E-state index in [2.05, 4.69) is 10.6 Å². The van der Waals surface area contributed by atoms with Gasteiger partial charge >= 0.3 is 0 Å². The van der Waals surface area contributed by atoms with Crippen LogP contribution in [0.4, 0.5) is 5.69 Å². The number of hydrogen-bond donors (Lipinski definition) is 2. The topological polar surface area (TPSA) is 76.7 Å². The Kier molecular flexibility index (Phi) is 6.39. The summed E-state index contributed by atoms with van der Waals surface area (Å²) in [6, 6.07) is 14.1. The van der Waals surface area contributed by atoms with Crippen LogP contribution in [0.1, 0.15) is 24.9 Å². The molecule has 0 aliphatic rings. The van der Waals surface area contributed by atoms with Crippen LogP contribution in [0.5, 0.6) is 11.5 Å². The van der Waals surface area contributed by atoms with Gasteiger partial charge in [0.1, 0.15) is 11.5 Å². The van der Waals surface area contributed by atoms with Crippen LogP contribution in [0.3, 0.4) is 0 Å². The summed E-state index contributed by atoms with van der Waals surface area (Å²) in [5, 5.41) is 5.62. The number of hydrogen-bond acceptors (Lipinski definition) is 4. The molecule has 6 nitrogen and oxygen atoms in total. The number of anilines is 1. The van der Waals surface area contributed by atoms with Gasteiger partial charge in [-0.05, 0) is 17.7 Å². The van der Waals surface area contributed by atoms with E-state index in [9.17, 15) is 9.59 Å². The van der Waals surface area contributed by atoms with Gasteiger partial charge < -0.3 is 20.1 Å². The summed E-state index contributed by atoms with van der Waals surface area (Å²) in [4.78, 5) is 23.9. The normalized spacial score (nSPS) is 11.3. The molecule has 0 radical (unpaired) electrons. The molecule has 0 fully saturated rings. The number of methoxy groups -OCH3 is 2. The first-order valence-electron chi connectivity index (χ1n) is 7.87. The van der Waals surface area contributed by atoms with Gasteiger partial charge in [-0.1, -0.05) is 30.3 Å². The first-order chi connectivity index (χ1) is 12.0. The highest BCUT2D eigenvalue weighted by Gasteiger charge is 2.18. The minimum Gasteiger partial charge on any atom is -0.497 e. The highest BCUT2D eigenvalue weighted by molar-refractivity contribution is 5.93. The second kappa shape index (κ2) is 8.73. The molecule has 0 heterocycles. The molecule has 2 amide bonds. The lowest BCUT2D eigenvalue weighted by atomic mass is 10.0. The molecule has 1 atom stereocenters. The maximum atomic E-state index is 12.5. The van der Waals surface area contributed by atoms with Crippen molar-refractivity contribution < 1.29 is 19.1 Å². The fourth-order valence-corrected chi connectivity index (χ4v) is 2.47. The minimum absolute atomic E-state index is 0.110. The van der Waals surface area contributed by atoms with Crippen LogP contribution in [0, 0.1) is 0 Å². The molecule has 2 aromatic carbocycles. The Morgan fingerprint density at radius 3 is 2.36 bits per heavy atom. The smallest absolute Gasteiger partial charge is 0.226 e. The average molecular weight is 342 g/mol. The van der Waals surface area contributed by atoms with Crippen molar-refractivity contribution in [3.8, 4) is 11.5 Å². The zero-order chi connectivity index (χ0) is 18.2. The van der Waals surface area contributed by atoms with E-state index >= 15 is 0 Å². The van der Waals surface area contributed by atoms with Crippen molar-refractivity contribution in [2.24, 2.45) is 0 Å². The van der Waals surface area contributed by atoms with Crippen molar-refractivity contribution in [1.29, 1.82) is 0 Å². The van der Waals surface area contributed by atoms with Gasteiger partial charge in [-0.3, -0.25) is 9.59 Å². The molecule has 2 N–H and O–H groups in total. The van der Waals surface area contributed by atoms with E-state index in [4.69, 9.17) is 9.47 Å². The Bertz CT molecular complexity index is 731. The lowest BCUT2D eigenvalue weighted by molar-refractivity contribution is -0.120. The molecule has 0 spiro atoms. The molecule has 2 aromatic rings. The van der Waals surface area contributed by atoms with Gasteiger partial charge in [-0.15, -0.1) is 0 Å². The standard InChI is InChI=1S/C19H22N2O4/c1-13(22)20-17(14-7-5-4-6-8-14)12-19(23)21-16-10-9-15(24-2)11-18(16)25-3/h4-11,17H,12H2,1-3H3,(H,20,22)(H,21,23). The van der Waals surface area contributed by atoms with Crippen LogP contribution in [0.25, 0.3) is 0 Å². The van der Waals surface area contributed by atoms with Crippen molar-refractivity contribution in [2.75, 3.05) is 19.5 Å². The first-order valence-corrected chi connectivity index (χ1v) is 7.87. The van der Waals surface area contributed by atoms with Crippen molar-refractivity contribution in [3.05, 3.63) is 54.1 Å². The van der Waals surface area contributed by atoms with Gasteiger partial charge in [-0.2, -0.15) is 0 Å².